The van der Waals surface area contributed by atoms with E-state index in [0.717, 1.165) is 12.1 Å². The number of carbonyl (C=O) groups is 1. The fourth-order valence-electron chi connectivity index (χ4n) is 1.04. The Kier molecular flexibility index (Phi) is 3.48. The lowest BCUT2D eigenvalue weighted by Gasteiger charge is -2.09. The molecule has 0 aliphatic carbocycles. The lowest BCUT2D eigenvalue weighted by Crippen LogP contribution is -2.09. The fourth-order valence-corrected chi connectivity index (χ4v) is 1.04. The van der Waals surface area contributed by atoms with Crippen molar-refractivity contribution in [2.24, 2.45) is 0 Å². The molecule has 88 valence electrons. The smallest absolute Gasteiger partial charge is 0.417 e. The average Bonchev–Trinajstić information content (AvgIpc) is 2.15. The first kappa shape index (κ1) is 12.4. The van der Waals surface area contributed by atoms with Gasteiger partial charge in [0.1, 0.15) is 6.10 Å². The second-order valence-electron chi connectivity index (χ2n) is 3.08. The van der Waals surface area contributed by atoms with Gasteiger partial charge in [0.15, 0.2) is 0 Å². The Balaban J connectivity index is 2.83. The SMILES string of the molecule is O=C(O)CC(O)c1ccc(C(F)(F)F)cn1. The van der Waals surface area contributed by atoms with E-state index in [1.165, 1.54) is 0 Å². The minimum atomic E-state index is -4.50. The highest BCUT2D eigenvalue weighted by molar-refractivity contribution is 5.67. The quantitative estimate of drug-likeness (QED) is 0.834. The van der Waals surface area contributed by atoms with E-state index in [2.05, 4.69) is 4.98 Å². The molecule has 1 aromatic heterocycles. The van der Waals surface area contributed by atoms with Crippen LogP contribution in [-0.2, 0) is 11.0 Å². The van der Waals surface area contributed by atoms with Crippen LogP contribution in [0.5, 0.6) is 0 Å². The third-order valence-electron chi connectivity index (χ3n) is 1.82. The lowest BCUT2D eigenvalue weighted by atomic mass is 10.1. The van der Waals surface area contributed by atoms with Gasteiger partial charge in [0, 0.05) is 6.20 Å². The molecular weight excluding hydrogens is 227 g/mol. The molecule has 0 saturated carbocycles. The van der Waals surface area contributed by atoms with Crippen molar-refractivity contribution in [1.29, 1.82) is 0 Å². The van der Waals surface area contributed by atoms with E-state index in [-0.39, 0.29) is 5.69 Å². The minimum absolute atomic E-state index is 0.101. The zero-order valence-corrected chi connectivity index (χ0v) is 7.90. The normalized spacial score (nSPS) is 13.5. The van der Waals surface area contributed by atoms with E-state index in [9.17, 15) is 23.1 Å². The van der Waals surface area contributed by atoms with Crippen LogP contribution in [0.2, 0.25) is 0 Å². The summed E-state index contributed by atoms with van der Waals surface area (Å²) in [4.78, 5) is 13.6. The van der Waals surface area contributed by atoms with Crippen LogP contribution in [0.25, 0.3) is 0 Å². The van der Waals surface area contributed by atoms with Gasteiger partial charge in [0.25, 0.3) is 0 Å². The maximum absolute atomic E-state index is 12.1. The second kappa shape index (κ2) is 4.48. The summed E-state index contributed by atoms with van der Waals surface area (Å²) >= 11 is 0. The first-order valence-corrected chi connectivity index (χ1v) is 4.23. The van der Waals surface area contributed by atoms with Gasteiger partial charge in [-0.3, -0.25) is 9.78 Å². The van der Waals surface area contributed by atoms with Gasteiger partial charge in [-0.1, -0.05) is 0 Å². The van der Waals surface area contributed by atoms with Crippen LogP contribution < -0.4 is 0 Å². The Hall–Kier alpha value is -1.63. The van der Waals surface area contributed by atoms with Crippen molar-refractivity contribution < 1.29 is 28.2 Å². The molecule has 0 fully saturated rings. The number of alkyl halides is 3. The molecule has 0 amide bonds. The van der Waals surface area contributed by atoms with E-state index >= 15 is 0 Å². The van der Waals surface area contributed by atoms with Gasteiger partial charge in [-0.05, 0) is 12.1 Å². The summed E-state index contributed by atoms with van der Waals surface area (Å²) in [6.45, 7) is 0. The number of carboxylic acid groups (broad SMARTS) is 1. The van der Waals surface area contributed by atoms with Crippen molar-refractivity contribution in [1.82, 2.24) is 4.98 Å². The highest BCUT2D eigenvalue weighted by Gasteiger charge is 2.30. The number of halogens is 3. The molecule has 1 atom stereocenters. The molecule has 0 aliphatic rings. The van der Waals surface area contributed by atoms with Crippen LogP contribution in [0.3, 0.4) is 0 Å². The summed E-state index contributed by atoms with van der Waals surface area (Å²) < 4.78 is 36.4. The van der Waals surface area contributed by atoms with Gasteiger partial charge in [-0.25, -0.2) is 0 Å². The van der Waals surface area contributed by atoms with Crippen molar-refractivity contribution in [3.05, 3.63) is 29.6 Å². The zero-order chi connectivity index (χ0) is 12.3. The number of nitrogens with zero attached hydrogens (tertiary/aromatic N) is 1. The summed E-state index contributed by atoms with van der Waals surface area (Å²) in [6.07, 6.45) is -5.94. The molecular formula is C9H8F3NO3. The maximum Gasteiger partial charge on any atom is 0.417 e. The van der Waals surface area contributed by atoms with Gasteiger partial charge in [0.05, 0.1) is 17.7 Å². The molecule has 4 nitrogen and oxygen atoms in total. The Morgan fingerprint density at radius 3 is 2.44 bits per heavy atom. The number of aliphatic carboxylic acids is 1. The third-order valence-corrected chi connectivity index (χ3v) is 1.82. The molecule has 2 N–H and O–H groups in total. The average molecular weight is 235 g/mol. The molecule has 0 aromatic carbocycles. The summed E-state index contributed by atoms with van der Waals surface area (Å²) in [5.41, 5.74) is -1.05. The largest absolute Gasteiger partial charge is 0.481 e. The van der Waals surface area contributed by atoms with Gasteiger partial charge in [0.2, 0.25) is 0 Å². The number of aliphatic hydroxyl groups excluding tert-OH is 1. The monoisotopic (exact) mass is 235 g/mol. The molecule has 16 heavy (non-hydrogen) atoms. The number of carboxylic acids is 1. The molecule has 0 radical (unpaired) electrons. The Bertz CT molecular complexity index is 375. The van der Waals surface area contributed by atoms with Crippen molar-refractivity contribution in [3.8, 4) is 0 Å². The van der Waals surface area contributed by atoms with E-state index in [1.807, 2.05) is 0 Å². The van der Waals surface area contributed by atoms with E-state index in [4.69, 9.17) is 5.11 Å². The van der Waals surface area contributed by atoms with Gasteiger partial charge >= 0.3 is 12.1 Å². The Morgan fingerprint density at radius 1 is 1.44 bits per heavy atom. The molecule has 1 heterocycles. The van der Waals surface area contributed by atoms with E-state index < -0.39 is 30.2 Å². The van der Waals surface area contributed by atoms with Gasteiger partial charge in [-0.15, -0.1) is 0 Å². The van der Waals surface area contributed by atoms with Crippen LogP contribution in [0.1, 0.15) is 23.8 Å². The fraction of sp³-hybridized carbons (Fsp3) is 0.333. The Morgan fingerprint density at radius 2 is 2.06 bits per heavy atom. The minimum Gasteiger partial charge on any atom is -0.481 e. The first-order valence-electron chi connectivity index (χ1n) is 4.23. The predicted octanol–water partition coefficient (Wildman–Crippen LogP) is 1.61. The highest BCUT2D eigenvalue weighted by Crippen LogP contribution is 2.29. The topological polar surface area (TPSA) is 70.4 Å². The standard InChI is InChI=1S/C9H8F3NO3/c10-9(11,12)5-1-2-6(13-4-5)7(14)3-8(15)16/h1-2,4,7,14H,3H2,(H,15,16). The van der Waals surface area contributed by atoms with E-state index in [1.54, 1.807) is 0 Å². The van der Waals surface area contributed by atoms with Crippen molar-refractivity contribution in [2.45, 2.75) is 18.7 Å². The molecule has 1 rings (SSSR count). The van der Waals surface area contributed by atoms with Crippen LogP contribution in [0.15, 0.2) is 18.3 Å². The van der Waals surface area contributed by atoms with Crippen LogP contribution in [-0.4, -0.2) is 21.2 Å². The molecule has 7 heteroatoms. The second-order valence-corrected chi connectivity index (χ2v) is 3.08. The third kappa shape index (κ3) is 3.20. The maximum atomic E-state index is 12.1. The highest BCUT2D eigenvalue weighted by atomic mass is 19.4. The lowest BCUT2D eigenvalue weighted by molar-refractivity contribution is -0.140. The molecule has 0 bridgehead atoms. The van der Waals surface area contributed by atoms with Crippen LogP contribution >= 0.6 is 0 Å². The summed E-state index contributed by atoms with van der Waals surface area (Å²) in [5.74, 6) is -1.26. The summed E-state index contributed by atoms with van der Waals surface area (Å²) in [7, 11) is 0. The molecule has 0 saturated heterocycles. The van der Waals surface area contributed by atoms with Crippen molar-refractivity contribution >= 4 is 5.97 Å². The number of rotatable bonds is 3. The van der Waals surface area contributed by atoms with Crippen molar-refractivity contribution in [3.63, 3.8) is 0 Å². The first-order chi connectivity index (χ1) is 7.30. The Labute approximate surface area is 88.4 Å². The number of pyridine rings is 1. The number of hydrogen-bond donors (Lipinski definition) is 2. The zero-order valence-electron chi connectivity index (χ0n) is 7.90. The van der Waals surface area contributed by atoms with Crippen LogP contribution in [0, 0.1) is 0 Å². The molecule has 0 spiro atoms. The van der Waals surface area contributed by atoms with Crippen LogP contribution in [0.4, 0.5) is 13.2 Å². The summed E-state index contributed by atoms with van der Waals surface area (Å²) in [5, 5.41) is 17.6. The van der Waals surface area contributed by atoms with Crippen molar-refractivity contribution in [2.75, 3.05) is 0 Å². The molecule has 1 aromatic rings. The van der Waals surface area contributed by atoms with E-state index in [0.29, 0.717) is 6.20 Å². The number of aromatic nitrogens is 1. The molecule has 0 aliphatic heterocycles. The molecule has 1 unspecified atom stereocenters. The predicted molar refractivity (Wildman–Crippen MR) is 46.5 cm³/mol. The van der Waals surface area contributed by atoms with Gasteiger partial charge in [-0.2, -0.15) is 13.2 Å². The summed E-state index contributed by atoms with van der Waals surface area (Å²) in [6, 6.07) is 1.70. The van der Waals surface area contributed by atoms with Gasteiger partial charge < -0.3 is 10.2 Å². The number of hydrogen-bond acceptors (Lipinski definition) is 3. The number of aliphatic hydroxyl groups is 1.